The van der Waals surface area contributed by atoms with Gasteiger partial charge in [0.1, 0.15) is 0 Å². The molecule has 0 aliphatic heterocycles. The van der Waals surface area contributed by atoms with Crippen LogP contribution in [0.3, 0.4) is 0 Å². The third-order valence-electron chi connectivity index (χ3n) is 3.88. The van der Waals surface area contributed by atoms with Crippen molar-refractivity contribution in [3.05, 3.63) is 33.8 Å². The van der Waals surface area contributed by atoms with Crippen molar-refractivity contribution in [2.75, 3.05) is 6.61 Å². The van der Waals surface area contributed by atoms with Crippen molar-refractivity contribution in [3.63, 3.8) is 0 Å². The molecule has 0 radical (unpaired) electrons. The molecule has 7 nitrogen and oxygen atoms in total. The molecule has 138 valence electrons. The van der Waals surface area contributed by atoms with E-state index in [9.17, 15) is 14.7 Å². The standard InChI is InChI=1S/C18H27N3O4/c1-4-5-6-7-8-9-10-11-12-25-17(23)15(19-2)13-21-16(22)14-20(3)18(21)24/h13-14,22H,4-12H2,1,3H3. The molecule has 1 aromatic rings. The summed E-state index contributed by atoms with van der Waals surface area (Å²) in [6.07, 6.45) is 11.3. The summed E-state index contributed by atoms with van der Waals surface area (Å²) in [6.45, 7) is 9.50. The van der Waals surface area contributed by atoms with E-state index in [0.717, 1.165) is 34.6 Å². The summed E-state index contributed by atoms with van der Waals surface area (Å²) in [4.78, 5) is 26.8. The Morgan fingerprint density at radius 1 is 1.24 bits per heavy atom. The van der Waals surface area contributed by atoms with Gasteiger partial charge in [-0.05, 0) is 6.42 Å². The Morgan fingerprint density at radius 2 is 1.84 bits per heavy atom. The highest BCUT2D eigenvalue weighted by atomic mass is 16.5. The van der Waals surface area contributed by atoms with Crippen molar-refractivity contribution in [1.29, 1.82) is 0 Å². The molecule has 0 fully saturated rings. The normalized spacial score (nSPS) is 11.3. The Bertz CT molecular complexity index is 679. The van der Waals surface area contributed by atoms with Crippen molar-refractivity contribution in [1.82, 2.24) is 9.13 Å². The number of rotatable bonds is 11. The van der Waals surface area contributed by atoms with Gasteiger partial charge in [0, 0.05) is 13.2 Å². The Kier molecular flexibility index (Phi) is 9.15. The Labute approximate surface area is 148 Å². The average molecular weight is 349 g/mol. The zero-order chi connectivity index (χ0) is 18.7. The molecule has 0 atom stereocenters. The van der Waals surface area contributed by atoms with Gasteiger partial charge in [-0.3, -0.25) is 9.36 Å². The van der Waals surface area contributed by atoms with Crippen LogP contribution in [0.15, 0.2) is 16.7 Å². The number of hydrogen-bond acceptors (Lipinski definition) is 4. The third-order valence-corrected chi connectivity index (χ3v) is 3.88. The molecule has 0 saturated heterocycles. The number of hydrogen-bond donors (Lipinski definition) is 1. The van der Waals surface area contributed by atoms with Crippen molar-refractivity contribution >= 4 is 12.2 Å². The number of carbonyl (C=O) groups is 1. The van der Waals surface area contributed by atoms with E-state index in [1.54, 1.807) is 0 Å². The molecule has 0 unspecified atom stereocenters. The van der Waals surface area contributed by atoms with Gasteiger partial charge in [0.05, 0.1) is 19.4 Å². The molecule has 1 rings (SSSR count). The minimum absolute atomic E-state index is 0.246. The van der Waals surface area contributed by atoms with Crippen molar-refractivity contribution in [2.45, 2.75) is 58.3 Å². The maximum absolute atomic E-state index is 11.9. The van der Waals surface area contributed by atoms with Crippen LogP contribution in [0.4, 0.5) is 0 Å². The number of aromatic nitrogens is 2. The molecular weight excluding hydrogens is 322 g/mol. The average Bonchev–Trinajstić information content (AvgIpc) is 2.83. The molecule has 0 aliphatic rings. The largest absolute Gasteiger partial charge is 0.493 e. The molecule has 25 heavy (non-hydrogen) atoms. The van der Waals surface area contributed by atoms with Crippen molar-refractivity contribution in [3.8, 4) is 5.88 Å². The molecule has 7 heteroatoms. The topological polar surface area (TPSA) is 77.8 Å². The lowest BCUT2D eigenvalue weighted by atomic mass is 10.1. The number of esters is 1. The number of ether oxygens (including phenoxy) is 1. The number of aryl methyl sites for hydroxylation is 1. The van der Waals surface area contributed by atoms with Gasteiger partial charge < -0.3 is 9.84 Å². The quantitative estimate of drug-likeness (QED) is 0.288. The van der Waals surface area contributed by atoms with Crippen LogP contribution in [0, 0.1) is 6.57 Å². The second-order valence-corrected chi connectivity index (χ2v) is 5.99. The maximum Gasteiger partial charge on any atom is 0.337 e. The highest BCUT2D eigenvalue weighted by Crippen LogP contribution is 2.11. The molecule has 1 heterocycles. The van der Waals surface area contributed by atoms with Gasteiger partial charge in [-0.1, -0.05) is 51.9 Å². The van der Waals surface area contributed by atoms with Gasteiger partial charge in [-0.15, -0.1) is 0 Å². The minimum atomic E-state index is -0.784. The fourth-order valence-electron chi connectivity index (χ4n) is 2.40. The molecule has 0 spiro atoms. The number of aromatic hydroxyl groups is 1. The number of unbranched alkanes of at least 4 members (excludes halogenated alkanes) is 7. The van der Waals surface area contributed by atoms with E-state index in [0.29, 0.717) is 0 Å². The summed E-state index contributed by atoms with van der Waals surface area (Å²) in [6, 6.07) is 0. The van der Waals surface area contributed by atoms with Gasteiger partial charge in [0.25, 0.3) is 5.70 Å². The van der Waals surface area contributed by atoms with Crippen LogP contribution in [0.2, 0.25) is 0 Å². The number of nitrogens with zero attached hydrogens (tertiary/aromatic N) is 3. The van der Waals surface area contributed by atoms with Crippen LogP contribution in [0.25, 0.3) is 11.0 Å². The van der Waals surface area contributed by atoms with E-state index in [2.05, 4.69) is 11.8 Å². The van der Waals surface area contributed by atoms with E-state index < -0.39 is 11.7 Å². The lowest BCUT2D eigenvalue weighted by molar-refractivity contribution is -0.138. The van der Waals surface area contributed by atoms with E-state index in [-0.39, 0.29) is 18.2 Å². The minimum Gasteiger partial charge on any atom is -0.493 e. The molecule has 1 N–H and O–H groups in total. The fraction of sp³-hybridized carbons (Fsp3) is 0.611. The third kappa shape index (κ3) is 6.87. The zero-order valence-electron chi connectivity index (χ0n) is 15.0. The highest BCUT2D eigenvalue weighted by Gasteiger charge is 2.14. The molecule has 0 saturated carbocycles. The summed E-state index contributed by atoms with van der Waals surface area (Å²) >= 11 is 0. The number of imidazole rings is 1. The first kappa shape index (κ1) is 20.6. The molecule has 0 aliphatic carbocycles. The SMILES string of the molecule is [C-]#[N+]C(=Cn1c(O)cn(C)c1=O)C(=O)OCCCCCCCCCC. The Balaban J connectivity index is 2.39. The van der Waals surface area contributed by atoms with E-state index >= 15 is 0 Å². The van der Waals surface area contributed by atoms with E-state index in [1.807, 2.05) is 0 Å². The summed E-state index contributed by atoms with van der Waals surface area (Å²) in [5.41, 5.74) is -0.891. The molecular formula is C18H27N3O4. The zero-order valence-corrected chi connectivity index (χ0v) is 15.0. The maximum atomic E-state index is 11.9. The predicted octanol–water partition coefficient (Wildman–Crippen LogP) is 3.29. The number of carbonyl (C=O) groups excluding carboxylic acids is 1. The molecule has 0 bridgehead atoms. The molecule has 1 aromatic heterocycles. The first-order valence-electron chi connectivity index (χ1n) is 8.74. The van der Waals surface area contributed by atoms with Gasteiger partial charge in [0.2, 0.25) is 5.88 Å². The van der Waals surface area contributed by atoms with Crippen LogP contribution in [-0.4, -0.2) is 26.8 Å². The van der Waals surface area contributed by atoms with Gasteiger partial charge in [0.15, 0.2) is 0 Å². The van der Waals surface area contributed by atoms with Crippen LogP contribution in [0.5, 0.6) is 5.88 Å². The van der Waals surface area contributed by atoms with Gasteiger partial charge in [-0.25, -0.2) is 14.2 Å². The van der Waals surface area contributed by atoms with Crippen LogP contribution >= 0.6 is 0 Å². The van der Waals surface area contributed by atoms with Gasteiger partial charge in [-0.2, -0.15) is 0 Å². The summed E-state index contributed by atoms with van der Waals surface area (Å²) in [7, 11) is 1.46. The second-order valence-electron chi connectivity index (χ2n) is 5.99. The Hall–Kier alpha value is -2.49. The predicted molar refractivity (Wildman–Crippen MR) is 95.8 cm³/mol. The molecule has 0 amide bonds. The molecule has 0 aromatic carbocycles. The second kappa shape index (κ2) is 11.1. The fourth-order valence-corrected chi connectivity index (χ4v) is 2.40. The van der Waals surface area contributed by atoms with Gasteiger partial charge >= 0.3 is 11.7 Å². The van der Waals surface area contributed by atoms with Crippen LogP contribution in [0.1, 0.15) is 58.3 Å². The summed E-state index contributed by atoms with van der Waals surface area (Å²) in [5, 5.41) is 9.63. The Morgan fingerprint density at radius 3 is 2.36 bits per heavy atom. The first-order chi connectivity index (χ1) is 12.0. The summed E-state index contributed by atoms with van der Waals surface area (Å²) < 4.78 is 7.06. The monoisotopic (exact) mass is 349 g/mol. The first-order valence-corrected chi connectivity index (χ1v) is 8.74. The van der Waals surface area contributed by atoms with Crippen molar-refractivity contribution in [2.24, 2.45) is 7.05 Å². The van der Waals surface area contributed by atoms with E-state index in [1.165, 1.54) is 45.3 Å². The lowest BCUT2D eigenvalue weighted by Crippen LogP contribution is -2.19. The van der Waals surface area contributed by atoms with Crippen molar-refractivity contribution < 1.29 is 14.6 Å². The summed E-state index contributed by atoms with van der Waals surface area (Å²) in [5.74, 6) is -1.13. The lowest BCUT2D eigenvalue weighted by Gasteiger charge is -2.04. The van der Waals surface area contributed by atoms with E-state index in [4.69, 9.17) is 11.3 Å². The smallest absolute Gasteiger partial charge is 0.337 e. The van der Waals surface area contributed by atoms with Crippen LogP contribution < -0.4 is 5.69 Å². The van der Waals surface area contributed by atoms with Crippen LogP contribution in [-0.2, 0) is 16.6 Å². The highest BCUT2D eigenvalue weighted by molar-refractivity contribution is 5.93.